The fraction of sp³-hybridized carbons (Fsp3) is 0.760. The Kier molecular flexibility index (Phi) is 5.04. The van der Waals surface area contributed by atoms with Gasteiger partial charge in [-0.1, -0.05) is 52.0 Å². The molecule has 0 amide bonds. The van der Waals surface area contributed by atoms with Crippen LogP contribution in [0, 0.1) is 11.3 Å². The van der Waals surface area contributed by atoms with Gasteiger partial charge in [-0.2, -0.15) is 0 Å². The molecule has 3 aliphatic rings. The summed E-state index contributed by atoms with van der Waals surface area (Å²) in [6.07, 6.45) is 4.63. The Balaban J connectivity index is 1.91. The maximum atomic E-state index is 6.80. The Hall–Kier alpha value is -0.835. The highest BCUT2D eigenvalue weighted by atomic mass is 16.7. The molecule has 2 heterocycles. The lowest BCUT2D eigenvalue weighted by Gasteiger charge is -2.57. The smallest absolute Gasteiger partial charge is 0.403 e. The molecule has 0 aromatic heterocycles. The molecule has 0 saturated carbocycles. The minimum Gasteiger partial charge on any atom is -0.403 e. The maximum Gasteiger partial charge on any atom is 0.469 e. The third kappa shape index (κ3) is 3.21. The van der Waals surface area contributed by atoms with Crippen molar-refractivity contribution in [3.63, 3.8) is 0 Å². The molecule has 2 aliphatic heterocycles. The van der Waals surface area contributed by atoms with E-state index in [0.717, 1.165) is 25.7 Å². The molecular weight excluding hydrogens is 359 g/mol. The molecule has 29 heavy (non-hydrogen) atoms. The lowest BCUT2D eigenvalue weighted by Crippen LogP contribution is -2.64. The summed E-state index contributed by atoms with van der Waals surface area (Å²) < 4.78 is 20.4. The van der Waals surface area contributed by atoms with E-state index in [2.05, 4.69) is 79.7 Å². The average molecular weight is 398 g/mol. The Labute approximate surface area is 178 Å². The van der Waals surface area contributed by atoms with E-state index in [9.17, 15) is 0 Å². The van der Waals surface area contributed by atoms with E-state index in [-0.39, 0.29) is 41.3 Å². The van der Waals surface area contributed by atoms with Crippen LogP contribution in [0.2, 0.25) is 0 Å². The van der Waals surface area contributed by atoms with Crippen molar-refractivity contribution >= 4 is 7.12 Å². The molecule has 160 valence electrons. The number of ether oxygens (including phenoxy) is 1. The van der Waals surface area contributed by atoms with Gasteiger partial charge in [0.05, 0.1) is 23.4 Å². The van der Waals surface area contributed by atoms with Gasteiger partial charge < -0.3 is 14.0 Å². The highest BCUT2D eigenvalue weighted by Gasteiger charge is 2.67. The van der Waals surface area contributed by atoms with Crippen molar-refractivity contribution in [2.24, 2.45) is 11.3 Å². The Morgan fingerprint density at radius 2 is 1.66 bits per heavy atom. The van der Waals surface area contributed by atoms with E-state index in [1.807, 2.05) is 0 Å². The summed E-state index contributed by atoms with van der Waals surface area (Å²) in [6.45, 7) is 17.9. The molecular formula is C25H39BO3. The van der Waals surface area contributed by atoms with Crippen LogP contribution >= 0.6 is 0 Å². The number of fused-ring (bicyclic) bond motifs is 3. The van der Waals surface area contributed by atoms with Crippen LogP contribution in [0.15, 0.2) is 24.3 Å². The van der Waals surface area contributed by atoms with Crippen LogP contribution in [0.5, 0.6) is 0 Å². The molecule has 0 bridgehead atoms. The molecule has 2 saturated heterocycles. The quantitative estimate of drug-likeness (QED) is 0.596. The van der Waals surface area contributed by atoms with Crippen LogP contribution < -0.4 is 0 Å². The first-order chi connectivity index (χ1) is 13.4. The highest BCUT2D eigenvalue weighted by molar-refractivity contribution is 6.50. The molecule has 4 heteroatoms. The van der Waals surface area contributed by atoms with E-state index >= 15 is 0 Å². The van der Waals surface area contributed by atoms with Gasteiger partial charge in [-0.25, -0.2) is 0 Å². The Bertz CT molecular complexity index is 750. The summed E-state index contributed by atoms with van der Waals surface area (Å²) in [6, 6.07) is 9.01. The molecule has 0 spiro atoms. The highest BCUT2D eigenvalue weighted by Crippen LogP contribution is 2.58. The zero-order valence-electron chi connectivity index (χ0n) is 19.7. The maximum absolute atomic E-state index is 6.80. The summed E-state index contributed by atoms with van der Waals surface area (Å²) in [5, 5.41) is -0.170. The number of hydrogen-bond donors (Lipinski definition) is 0. The molecule has 1 aliphatic carbocycles. The molecule has 3 nitrogen and oxygen atoms in total. The van der Waals surface area contributed by atoms with E-state index in [4.69, 9.17) is 14.0 Å². The van der Waals surface area contributed by atoms with Gasteiger partial charge in [0, 0.05) is 5.31 Å². The van der Waals surface area contributed by atoms with Crippen LogP contribution in [0.1, 0.15) is 85.8 Å². The van der Waals surface area contributed by atoms with Gasteiger partial charge in [0.1, 0.15) is 0 Å². The Morgan fingerprint density at radius 3 is 2.24 bits per heavy atom. The monoisotopic (exact) mass is 398 g/mol. The molecule has 0 radical (unpaired) electrons. The van der Waals surface area contributed by atoms with E-state index in [0.29, 0.717) is 5.92 Å². The van der Waals surface area contributed by atoms with Gasteiger partial charge in [-0.15, -0.1) is 0 Å². The second kappa shape index (κ2) is 6.83. The number of benzene rings is 1. The van der Waals surface area contributed by atoms with E-state index in [1.165, 1.54) is 11.1 Å². The minimum atomic E-state index is -0.333. The van der Waals surface area contributed by atoms with Gasteiger partial charge in [-0.3, -0.25) is 0 Å². The van der Waals surface area contributed by atoms with E-state index < -0.39 is 0 Å². The minimum absolute atomic E-state index is 0.0691. The lowest BCUT2D eigenvalue weighted by molar-refractivity contribution is -0.156. The normalized spacial score (nSPS) is 35.9. The second-order valence-corrected chi connectivity index (χ2v) is 11.6. The zero-order valence-corrected chi connectivity index (χ0v) is 19.7. The predicted molar refractivity (Wildman–Crippen MR) is 119 cm³/mol. The second-order valence-electron chi connectivity index (χ2n) is 11.6. The first kappa shape index (κ1) is 21.4. The molecule has 1 aromatic rings. The van der Waals surface area contributed by atoms with Crippen molar-refractivity contribution in [3.8, 4) is 0 Å². The summed E-state index contributed by atoms with van der Waals surface area (Å²) in [7, 11) is -0.248. The van der Waals surface area contributed by atoms with Gasteiger partial charge in [0.15, 0.2) is 0 Å². The number of hydrogen-bond acceptors (Lipinski definition) is 3. The van der Waals surface area contributed by atoms with Crippen molar-refractivity contribution in [1.82, 2.24) is 0 Å². The summed E-state index contributed by atoms with van der Waals surface area (Å²) in [5.74, 6) is 0.384. The van der Waals surface area contributed by atoms with Crippen molar-refractivity contribution < 1.29 is 14.0 Å². The Morgan fingerprint density at radius 1 is 1.03 bits per heavy atom. The van der Waals surface area contributed by atoms with Gasteiger partial charge >= 0.3 is 7.12 Å². The third-order valence-electron chi connectivity index (χ3n) is 8.16. The van der Waals surface area contributed by atoms with Crippen molar-refractivity contribution in [1.29, 1.82) is 0 Å². The first-order valence-electron chi connectivity index (χ1n) is 11.5. The molecule has 1 aromatic carbocycles. The topological polar surface area (TPSA) is 27.7 Å². The average Bonchev–Trinajstić information content (AvgIpc) is 2.87. The van der Waals surface area contributed by atoms with Crippen LogP contribution in [-0.2, 0) is 25.8 Å². The number of aryl methyl sites for hydroxylation is 1. The lowest BCUT2D eigenvalue weighted by atomic mass is 9.40. The third-order valence-corrected chi connectivity index (χ3v) is 8.16. The molecule has 4 atom stereocenters. The van der Waals surface area contributed by atoms with Crippen molar-refractivity contribution in [2.45, 2.75) is 110 Å². The summed E-state index contributed by atoms with van der Waals surface area (Å²) in [4.78, 5) is 0. The fourth-order valence-corrected chi connectivity index (χ4v) is 5.87. The van der Waals surface area contributed by atoms with Gasteiger partial charge in [0.25, 0.3) is 0 Å². The van der Waals surface area contributed by atoms with Crippen LogP contribution in [-0.4, -0.2) is 30.5 Å². The van der Waals surface area contributed by atoms with Crippen molar-refractivity contribution in [2.75, 3.05) is 0 Å². The molecule has 0 N–H and O–H groups in total. The molecule has 0 unspecified atom stereocenters. The standard InChI is InChI=1S/C25H39BO3/c1-9-18-16-25(26-28-23(5,6)24(7,8)29-26)19-13-11-10-12-17(19)14-15-20(25)21(27-18)22(2,3)4/h10-13,18,20-21H,9,14-16H2,1-8H3/t18-,20+,21-,25+/m1/s1. The summed E-state index contributed by atoms with van der Waals surface area (Å²) in [5.41, 5.74) is 2.30. The molecule has 2 fully saturated rings. The molecule has 4 rings (SSSR count). The largest absolute Gasteiger partial charge is 0.469 e. The van der Waals surface area contributed by atoms with Gasteiger partial charge in [0.2, 0.25) is 0 Å². The van der Waals surface area contributed by atoms with Crippen LogP contribution in [0.3, 0.4) is 0 Å². The first-order valence-corrected chi connectivity index (χ1v) is 11.5. The van der Waals surface area contributed by atoms with Crippen molar-refractivity contribution in [3.05, 3.63) is 35.4 Å². The van der Waals surface area contributed by atoms with Crippen LogP contribution in [0.25, 0.3) is 0 Å². The van der Waals surface area contributed by atoms with Crippen LogP contribution in [0.4, 0.5) is 0 Å². The summed E-state index contributed by atoms with van der Waals surface area (Å²) >= 11 is 0. The van der Waals surface area contributed by atoms with E-state index in [1.54, 1.807) is 0 Å². The SMILES string of the molecule is CC[C@@H]1C[C@]2(B3OC(C)(C)C(C)(C)O3)c3ccccc3CC[C@H]2[C@H](C(C)(C)C)O1. The number of rotatable bonds is 2. The fourth-order valence-electron chi connectivity index (χ4n) is 5.87. The van der Waals surface area contributed by atoms with Gasteiger partial charge in [-0.05, 0) is 75.8 Å². The zero-order chi connectivity index (χ0) is 21.2. The predicted octanol–water partition coefficient (Wildman–Crippen LogP) is 5.73.